The largest absolute Gasteiger partial charge is 0.461 e. The molecule has 2 aromatic rings. The lowest BCUT2D eigenvalue weighted by atomic mass is 10.2. The predicted molar refractivity (Wildman–Crippen MR) is 95.1 cm³/mol. The molecule has 6 heteroatoms. The van der Waals surface area contributed by atoms with E-state index in [9.17, 15) is 4.79 Å². The molecule has 2 atom stereocenters. The maximum Gasteiger partial charge on any atom is 0.246 e. The van der Waals surface area contributed by atoms with Crippen molar-refractivity contribution in [1.29, 1.82) is 0 Å². The van der Waals surface area contributed by atoms with Crippen LogP contribution < -0.4 is 4.90 Å². The zero-order valence-corrected chi connectivity index (χ0v) is 14.3. The van der Waals surface area contributed by atoms with Crippen LogP contribution in [0.1, 0.15) is 30.8 Å². The normalized spacial score (nSPS) is 23.2. The number of carbonyl (C=O) groups is 1. The van der Waals surface area contributed by atoms with E-state index >= 15 is 0 Å². The molecule has 2 aliphatic rings. The van der Waals surface area contributed by atoms with Gasteiger partial charge in [0.2, 0.25) is 5.91 Å². The molecule has 25 heavy (non-hydrogen) atoms. The summed E-state index contributed by atoms with van der Waals surface area (Å²) in [5.41, 5.74) is 0. The lowest BCUT2D eigenvalue weighted by Crippen LogP contribution is -2.48. The second-order valence-corrected chi connectivity index (χ2v) is 6.77. The van der Waals surface area contributed by atoms with Crippen molar-refractivity contribution in [2.24, 2.45) is 5.92 Å². The number of piperazine rings is 1. The summed E-state index contributed by atoms with van der Waals surface area (Å²) in [5.74, 6) is 3.96. The number of rotatable bonds is 4. The SMILES string of the molecule is C[C@@H]1C[C@H]1c1ccc(/C=C\C(=O)N2CCN(c3cnccn3)CC2)o1. The standard InChI is InChI=1S/C19H22N4O2/c1-14-12-16(14)17-4-2-15(25-17)3-5-19(24)23-10-8-22(9-11-23)18-13-20-6-7-21-18/h2-7,13-14,16H,8-12H2,1H3/b5-3-/t14-,16-/m1/s1. The van der Waals surface area contributed by atoms with Gasteiger partial charge in [-0.2, -0.15) is 0 Å². The van der Waals surface area contributed by atoms with E-state index in [1.807, 2.05) is 17.0 Å². The Labute approximate surface area is 147 Å². The van der Waals surface area contributed by atoms with E-state index in [2.05, 4.69) is 21.8 Å². The molecule has 0 N–H and O–H groups in total. The van der Waals surface area contributed by atoms with Crippen LogP contribution in [0.15, 0.2) is 41.2 Å². The Bertz CT molecular complexity index is 763. The van der Waals surface area contributed by atoms with Gasteiger partial charge in [-0.1, -0.05) is 6.92 Å². The minimum Gasteiger partial charge on any atom is -0.461 e. The van der Waals surface area contributed by atoms with E-state index < -0.39 is 0 Å². The van der Waals surface area contributed by atoms with Crippen molar-refractivity contribution < 1.29 is 9.21 Å². The smallest absolute Gasteiger partial charge is 0.246 e. The highest BCUT2D eigenvalue weighted by Gasteiger charge is 2.36. The van der Waals surface area contributed by atoms with Gasteiger partial charge in [0.1, 0.15) is 17.3 Å². The summed E-state index contributed by atoms with van der Waals surface area (Å²) in [6.45, 7) is 5.13. The zero-order valence-electron chi connectivity index (χ0n) is 14.3. The van der Waals surface area contributed by atoms with Crippen molar-refractivity contribution in [3.05, 3.63) is 48.3 Å². The first-order valence-corrected chi connectivity index (χ1v) is 8.78. The van der Waals surface area contributed by atoms with Crippen molar-refractivity contribution in [3.8, 4) is 0 Å². The summed E-state index contributed by atoms with van der Waals surface area (Å²) in [6, 6.07) is 3.97. The Morgan fingerprint density at radius 2 is 2.04 bits per heavy atom. The average molecular weight is 338 g/mol. The molecule has 0 unspecified atom stereocenters. The van der Waals surface area contributed by atoms with Crippen molar-refractivity contribution in [2.45, 2.75) is 19.3 Å². The van der Waals surface area contributed by atoms with E-state index in [4.69, 9.17) is 4.42 Å². The van der Waals surface area contributed by atoms with E-state index in [1.165, 1.54) is 6.42 Å². The van der Waals surface area contributed by atoms with Crippen LogP contribution in [-0.4, -0.2) is 47.0 Å². The highest BCUT2D eigenvalue weighted by molar-refractivity contribution is 5.91. The Morgan fingerprint density at radius 1 is 1.24 bits per heavy atom. The maximum atomic E-state index is 12.4. The van der Waals surface area contributed by atoms with Gasteiger partial charge in [0.05, 0.1) is 6.20 Å². The average Bonchev–Trinajstić information content (AvgIpc) is 3.20. The predicted octanol–water partition coefficient (Wildman–Crippen LogP) is 2.56. The first-order chi connectivity index (χ1) is 12.2. The van der Waals surface area contributed by atoms with Crippen molar-refractivity contribution >= 4 is 17.8 Å². The summed E-state index contributed by atoms with van der Waals surface area (Å²) >= 11 is 0. The Morgan fingerprint density at radius 3 is 2.72 bits per heavy atom. The molecule has 1 aliphatic heterocycles. The van der Waals surface area contributed by atoms with Crippen LogP contribution in [0, 0.1) is 5.92 Å². The van der Waals surface area contributed by atoms with Crippen LogP contribution >= 0.6 is 0 Å². The first-order valence-electron chi connectivity index (χ1n) is 8.78. The summed E-state index contributed by atoms with van der Waals surface area (Å²) in [6.07, 6.45) is 9.69. The molecule has 2 aromatic heterocycles. The minimum atomic E-state index is 0.0246. The monoisotopic (exact) mass is 338 g/mol. The van der Waals surface area contributed by atoms with Crippen LogP contribution in [0.4, 0.5) is 5.82 Å². The molecule has 0 radical (unpaired) electrons. The third kappa shape index (κ3) is 3.57. The third-order valence-electron chi connectivity index (χ3n) is 4.98. The Hall–Kier alpha value is -2.63. The van der Waals surface area contributed by atoms with Gasteiger partial charge in [-0.3, -0.25) is 9.78 Å². The van der Waals surface area contributed by atoms with Gasteiger partial charge in [-0.15, -0.1) is 0 Å². The number of aromatic nitrogens is 2. The second-order valence-electron chi connectivity index (χ2n) is 6.77. The number of furan rings is 1. The van der Waals surface area contributed by atoms with Crippen molar-refractivity contribution in [3.63, 3.8) is 0 Å². The molecule has 0 aromatic carbocycles. The van der Waals surface area contributed by atoms with Crippen LogP contribution in [0.5, 0.6) is 0 Å². The maximum absolute atomic E-state index is 12.4. The molecule has 1 saturated carbocycles. The third-order valence-corrected chi connectivity index (χ3v) is 4.98. The number of nitrogens with zero attached hydrogens (tertiary/aromatic N) is 4. The van der Waals surface area contributed by atoms with Crippen molar-refractivity contribution in [1.82, 2.24) is 14.9 Å². The van der Waals surface area contributed by atoms with E-state index in [-0.39, 0.29) is 5.91 Å². The minimum absolute atomic E-state index is 0.0246. The van der Waals surface area contributed by atoms with Gasteiger partial charge in [0, 0.05) is 50.6 Å². The van der Waals surface area contributed by atoms with Crippen LogP contribution in [0.25, 0.3) is 6.08 Å². The fraction of sp³-hybridized carbons (Fsp3) is 0.421. The summed E-state index contributed by atoms with van der Waals surface area (Å²) in [4.78, 5) is 24.8. The van der Waals surface area contributed by atoms with Crippen LogP contribution in [0.3, 0.4) is 0 Å². The summed E-state index contributed by atoms with van der Waals surface area (Å²) in [5, 5.41) is 0. The van der Waals surface area contributed by atoms with Gasteiger partial charge in [-0.05, 0) is 30.5 Å². The number of amides is 1. The topological polar surface area (TPSA) is 62.5 Å². The lowest BCUT2D eigenvalue weighted by Gasteiger charge is -2.34. The van der Waals surface area contributed by atoms with Gasteiger partial charge < -0.3 is 14.2 Å². The Kier molecular flexibility index (Phi) is 4.26. The highest BCUT2D eigenvalue weighted by atomic mass is 16.3. The van der Waals surface area contributed by atoms with Gasteiger partial charge in [0.25, 0.3) is 0 Å². The summed E-state index contributed by atoms with van der Waals surface area (Å²) in [7, 11) is 0. The van der Waals surface area contributed by atoms with Crippen molar-refractivity contribution in [2.75, 3.05) is 31.1 Å². The fourth-order valence-electron chi connectivity index (χ4n) is 3.25. The van der Waals surface area contributed by atoms with E-state index in [0.717, 1.165) is 36.3 Å². The molecule has 6 nitrogen and oxygen atoms in total. The number of anilines is 1. The Balaban J connectivity index is 1.31. The molecular formula is C19H22N4O2. The summed E-state index contributed by atoms with van der Waals surface area (Å²) < 4.78 is 5.81. The van der Waals surface area contributed by atoms with Gasteiger partial charge in [-0.25, -0.2) is 4.98 Å². The van der Waals surface area contributed by atoms with Gasteiger partial charge >= 0.3 is 0 Å². The molecule has 1 saturated heterocycles. The molecule has 1 aliphatic carbocycles. The molecular weight excluding hydrogens is 316 g/mol. The molecule has 130 valence electrons. The first kappa shape index (κ1) is 15.9. The van der Waals surface area contributed by atoms with Crippen LogP contribution in [0.2, 0.25) is 0 Å². The quantitative estimate of drug-likeness (QED) is 0.802. The molecule has 1 amide bonds. The number of hydrogen-bond acceptors (Lipinski definition) is 5. The molecule has 0 bridgehead atoms. The molecule has 3 heterocycles. The molecule has 4 rings (SSSR count). The zero-order chi connectivity index (χ0) is 17.2. The molecule has 0 spiro atoms. The second kappa shape index (κ2) is 6.70. The van der Waals surface area contributed by atoms with Gasteiger partial charge in [0.15, 0.2) is 0 Å². The highest BCUT2D eigenvalue weighted by Crippen LogP contribution is 2.47. The van der Waals surface area contributed by atoms with E-state index in [0.29, 0.717) is 19.0 Å². The fourth-order valence-corrected chi connectivity index (χ4v) is 3.25. The van der Waals surface area contributed by atoms with Crippen LogP contribution in [-0.2, 0) is 4.79 Å². The van der Waals surface area contributed by atoms with E-state index in [1.54, 1.807) is 30.7 Å². The lowest BCUT2D eigenvalue weighted by molar-refractivity contribution is -0.126. The number of carbonyl (C=O) groups excluding carboxylic acids is 1. The molecule has 2 fully saturated rings. The number of hydrogen-bond donors (Lipinski definition) is 0.